The van der Waals surface area contributed by atoms with Gasteiger partial charge in [0.25, 0.3) is 5.91 Å². The van der Waals surface area contributed by atoms with Crippen LogP contribution in [0.25, 0.3) is 0 Å². The van der Waals surface area contributed by atoms with Crippen molar-refractivity contribution in [3.63, 3.8) is 0 Å². The zero-order chi connectivity index (χ0) is 14.7. The smallest absolute Gasteiger partial charge is 0.339 e. The fourth-order valence-electron chi connectivity index (χ4n) is 1.75. The number of carbonyl (C=O) groups is 2. The normalized spacial score (nSPS) is 10.1. The molecule has 2 rings (SSSR count). The number of phenols is 1. The predicted molar refractivity (Wildman–Crippen MR) is 72.0 cm³/mol. The van der Waals surface area contributed by atoms with E-state index in [9.17, 15) is 14.7 Å². The summed E-state index contributed by atoms with van der Waals surface area (Å²) < 4.78 is 0. The number of aromatic carboxylic acids is 1. The number of aromatic nitrogens is 1. The van der Waals surface area contributed by atoms with Crippen LogP contribution in [0.3, 0.4) is 0 Å². The molecule has 0 spiro atoms. The number of aromatic hydroxyl groups is 1. The first-order valence-electron chi connectivity index (χ1n) is 5.78. The van der Waals surface area contributed by atoms with Gasteiger partial charge in [0.05, 0.1) is 0 Å². The Hall–Kier alpha value is -2.89. The van der Waals surface area contributed by atoms with E-state index >= 15 is 0 Å². The summed E-state index contributed by atoms with van der Waals surface area (Å²) in [6.07, 6.45) is 1.39. The van der Waals surface area contributed by atoms with E-state index in [2.05, 4.69) is 10.3 Å². The van der Waals surface area contributed by atoms with Gasteiger partial charge in [-0.15, -0.1) is 0 Å². The Bertz CT molecular complexity index is 683. The van der Waals surface area contributed by atoms with Crippen molar-refractivity contribution in [1.29, 1.82) is 0 Å². The highest BCUT2D eigenvalue weighted by Crippen LogP contribution is 2.18. The molecule has 0 aliphatic rings. The summed E-state index contributed by atoms with van der Waals surface area (Å²) in [6.45, 7) is 1.67. The topological polar surface area (TPSA) is 99.5 Å². The molecule has 2 aromatic rings. The van der Waals surface area contributed by atoms with E-state index in [-0.39, 0.29) is 17.1 Å². The molecule has 0 radical (unpaired) electrons. The van der Waals surface area contributed by atoms with E-state index in [1.54, 1.807) is 6.92 Å². The number of hydrogen-bond donors (Lipinski definition) is 3. The molecule has 0 saturated heterocycles. The molecule has 0 atom stereocenters. The third kappa shape index (κ3) is 2.74. The van der Waals surface area contributed by atoms with Crippen LogP contribution < -0.4 is 5.32 Å². The van der Waals surface area contributed by atoms with Gasteiger partial charge in [-0.2, -0.15) is 0 Å². The minimum atomic E-state index is -1.17. The molecule has 0 fully saturated rings. The van der Waals surface area contributed by atoms with Crippen LogP contribution in [0.4, 0.5) is 5.82 Å². The van der Waals surface area contributed by atoms with Crippen LogP contribution in [-0.4, -0.2) is 27.1 Å². The van der Waals surface area contributed by atoms with Gasteiger partial charge >= 0.3 is 5.97 Å². The van der Waals surface area contributed by atoms with Gasteiger partial charge < -0.3 is 15.5 Å². The Labute approximate surface area is 114 Å². The maximum atomic E-state index is 12.1. The third-order valence-electron chi connectivity index (χ3n) is 2.72. The Morgan fingerprint density at radius 3 is 2.60 bits per heavy atom. The van der Waals surface area contributed by atoms with Gasteiger partial charge in [0.2, 0.25) is 0 Å². The molecule has 1 aromatic carbocycles. The molecule has 6 heteroatoms. The third-order valence-corrected chi connectivity index (χ3v) is 2.72. The molecule has 0 unspecified atom stereocenters. The number of benzene rings is 1. The summed E-state index contributed by atoms with van der Waals surface area (Å²) in [5, 5.41) is 20.8. The highest BCUT2D eigenvalue weighted by atomic mass is 16.4. The molecule has 0 bridgehead atoms. The second-order valence-electron chi connectivity index (χ2n) is 4.16. The number of carbonyl (C=O) groups excluding carboxylic acids is 1. The number of aryl methyl sites for hydroxylation is 1. The van der Waals surface area contributed by atoms with Gasteiger partial charge in [0.15, 0.2) is 0 Å². The Morgan fingerprint density at radius 1 is 1.20 bits per heavy atom. The summed E-state index contributed by atoms with van der Waals surface area (Å²) in [7, 11) is 0. The second-order valence-corrected chi connectivity index (χ2v) is 4.16. The van der Waals surface area contributed by atoms with Gasteiger partial charge in [-0.05, 0) is 42.8 Å². The first-order chi connectivity index (χ1) is 9.49. The second kappa shape index (κ2) is 5.40. The van der Waals surface area contributed by atoms with Crippen LogP contribution in [0, 0.1) is 6.92 Å². The van der Waals surface area contributed by atoms with Gasteiger partial charge in [-0.1, -0.05) is 0 Å². The highest BCUT2D eigenvalue weighted by Gasteiger charge is 2.15. The molecular weight excluding hydrogens is 260 g/mol. The minimum absolute atomic E-state index is 0.0162. The van der Waals surface area contributed by atoms with Crippen molar-refractivity contribution >= 4 is 17.7 Å². The molecule has 1 amide bonds. The molecule has 102 valence electrons. The van der Waals surface area contributed by atoms with Crippen molar-refractivity contribution in [3.05, 3.63) is 53.2 Å². The SMILES string of the molecule is Cc1cc(O)ccc1C(=O)Nc1ncccc1C(=O)O. The Kier molecular flexibility index (Phi) is 3.65. The first kappa shape index (κ1) is 13.5. The lowest BCUT2D eigenvalue weighted by Gasteiger charge is -2.09. The lowest BCUT2D eigenvalue weighted by atomic mass is 10.1. The monoisotopic (exact) mass is 272 g/mol. The molecule has 0 saturated carbocycles. The molecular formula is C14H12N2O4. The van der Waals surface area contributed by atoms with Crippen LogP contribution >= 0.6 is 0 Å². The first-order valence-corrected chi connectivity index (χ1v) is 5.78. The average molecular weight is 272 g/mol. The van der Waals surface area contributed by atoms with Gasteiger partial charge in [0, 0.05) is 11.8 Å². The summed E-state index contributed by atoms with van der Waals surface area (Å²) >= 11 is 0. The van der Waals surface area contributed by atoms with Crippen molar-refractivity contribution in [2.45, 2.75) is 6.92 Å². The van der Waals surface area contributed by atoms with Crippen molar-refractivity contribution in [2.24, 2.45) is 0 Å². The van der Waals surface area contributed by atoms with E-state index in [4.69, 9.17) is 5.11 Å². The van der Waals surface area contributed by atoms with Crippen LogP contribution in [0.1, 0.15) is 26.3 Å². The van der Waals surface area contributed by atoms with Gasteiger partial charge in [-0.3, -0.25) is 4.79 Å². The number of carboxylic acids is 1. The fraction of sp³-hybridized carbons (Fsp3) is 0.0714. The average Bonchev–Trinajstić information content (AvgIpc) is 2.38. The van der Waals surface area contributed by atoms with Crippen molar-refractivity contribution in [2.75, 3.05) is 5.32 Å². The van der Waals surface area contributed by atoms with E-state index < -0.39 is 11.9 Å². The number of nitrogens with one attached hydrogen (secondary N) is 1. The molecule has 0 aliphatic heterocycles. The molecule has 1 aromatic heterocycles. The van der Waals surface area contributed by atoms with E-state index in [1.807, 2.05) is 0 Å². The summed E-state index contributed by atoms with van der Waals surface area (Å²) in [5.74, 6) is -1.61. The lowest BCUT2D eigenvalue weighted by molar-refractivity contribution is 0.0697. The molecule has 6 nitrogen and oxygen atoms in total. The Balaban J connectivity index is 2.30. The number of pyridine rings is 1. The minimum Gasteiger partial charge on any atom is -0.508 e. The van der Waals surface area contributed by atoms with E-state index in [1.165, 1.54) is 36.5 Å². The van der Waals surface area contributed by atoms with Crippen molar-refractivity contribution < 1.29 is 19.8 Å². The Morgan fingerprint density at radius 2 is 1.95 bits per heavy atom. The quantitative estimate of drug-likeness (QED) is 0.794. The van der Waals surface area contributed by atoms with E-state index in [0.29, 0.717) is 11.1 Å². The summed E-state index contributed by atoms with van der Waals surface area (Å²) in [5.41, 5.74) is 0.831. The zero-order valence-electron chi connectivity index (χ0n) is 10.6. The van der Waals surface area contributed by atoms with Crippen LogP contribution in [-0.2, 0) is 0 Å². The number of nitrogens with zero attached hydrogens (tertiary/aromatic N) is 1. The highest BCUT2D eigenvalue weighted by molar-refractivity contribution is 6.07. The molecule has 3 N–H and O–H groups in total. The number of amides is 1. The van der Waals surface area contributed by atoms with Crippen molar-refractivity contribution in [1.82, 2.24) is 4.98 Å². The molecule has 1 heterocycles. The maximum Gasteiger partial charge on any atom is 0.339 e. The number of rotatable bonds is 3. The number of anilines is 1. The van der Waals surface area contributed by atoms with Crippen LogP contribution in [0.2, 0.25) is 0 Å². The van der Waals surface area contributed by atoms with Gasteiger partial charge in [-0.25, -0.2) is 9.78 Å². The van der Waals surface area contributed by atoms with E-state index in [0.717, 1.165) is 0 Å². The number of carboxylic acid groups (broad SMARTS) is 1. The largest absolute Gasteiger partial charge is 0.508 e. The summed E-state index contributed by atoms with van der Waals surface area (Å²) in [6, 6.07) is 7.13. The maximum absolute atomic E-state index is 12.1. The molecule has 0 aliphatic carbocycles. The fourth-order valence-corrected chi connectivity index (χ4v) is 1.75. The van der Waals surface area contributed by atoms with Gasteiger partial charge in [0.1, 0.15) is 17.1 Å². The predicted octanol–water partition coefficient (Wildman–Crippen LogP) is 2.05. The molecule has 20 heavy (non-hydrogen) atoms. The standard InChI is InChI=1S/C14H12N2O4/c1-8-7-9(17)4-5-10(8)13(18)16-12-11(14(19)20)3-2-6-15-12/h2-7,17H,1H3,(H,19,20)(H,15,16,18). The lowest BCUT2D eigenvalue weighted by Crippen LogP contribution is -2.17. The number of hydrogen-bond acceptors (Lipinski definition) is 4. The van der Waals surface area contributed by atoms with Crippen molar-refractivity contribution in [3.8, 4) is 5.75 Å². The van der Waals surface area contributed by atoms with Crippen LogP contribution in [0.15, 0.2) is 36.5 Å². The van der Waals surface area contributed by atoms with Crippen LogP contribution in [0.5, 0.6) is 5.75 Å². The zero-order valence-corrected chi connectivity index (χ0v) is 10.6. The summed E-state index contributed by atoms with van der Waals surface area (Å²) in [4.78, 5) is 27.0. The number of phenolic OH excluding ortho intramolecular Hbond substituents is 1.